The van der Waals surface area contributed by atoms with Crippen molar-refractivity contribution < 1.29 is 41.8 Å². The van der Waals surface area contributed by atoms with Crippen molar-refractivity contribution in [3.05, 3.63) is 94.4 Å². The van der Waals surface area contributed by atoms with Crippen molar-refractivity contribution in [2.24, 2.45) is 17.8 Å². The lowest BCUT2D eigenvalue weighted by molar-refractivity contribution is -0.141. The Balaban J connectivity index is 1.34. The molecular weight excluding hydrogens is 715 g/mol. The third-order valence-corrected chi connectivity index (χ3v) is 11.5. The molecule has 9 nitrogen and oxygen atoms in total. The normalized spacial score (nSPS) is 29.5. The first-order valence-corrected chi connectivity index (χ1v) is 16.0. The summed E-state index contributed by atoms with van der Waals surface area (Å²) in [6.07, 6.45) is -3.56. The topological polar surface area (TPSA) is 111 Å². The van der Waals surface area contributed by atoms with E-state index in [4.69, 9.17) is 34.8 Å². The molecule has 3 fully saturated rings. The maximum absolute atomic E-state index is 14.3. The average Bonchev–Trinajstić information content (AvgIpc) is 3.39. The van der Waals surface area contributed by atoms with Gasteiger partial charge in [0.2, 0.25) is 0 Å². The van der Waals surface area contributed by atoms with Gasteiger partial charge in [0.15, 0.2) is 15.6 Å². The van der Waals surface area contributed by atoms with Gasteiger partial charge in [0.05, 0.1) is 22.5 Å². The molecule has 4 amide bonds. The molecular formula is C33H23Cl3F4N4O5. The van der Waals surface area contributed by atoms with Gasteiger partial charge in [-0.2, -0.15) is 18.2 Å². The zero-order chi connectivity index (χ0) is 35.4. The number of pyridine rings is 1. The average molecular weight is 738 g/mol. The first-order valence-electron chi connectivity index (χ1n) is 14.9. The Labute approximate surface area is 290 Å². The van der Waals surface area contributed by atoms with Gasteiger partial charge in [0.25, 0.3) is 23.6 Å². The Morgan fingerprint density at radius 2 is 1.57 bits per heavy atom. The molecule has 4 aliphatic rings. The van der Waals surface area contributed by atoms with E-state index in [9.17, 15) is 41.8 Å². The van der Waals surface area contributed by atoms with Crippen LogP contribution in [0.1, 0.15) is 30.0 Å². The smallest absolute Gasteiger partial charge is 0.433 e. The maximum atomic E-state index is 14.3. The van der Waals surface area contributed by atoms with Gasteiger partial charge in [-0.05, 0) is 72.9 Å². The van der Waals surface area contributed by atoms with Crippen molar-refractivity contribution >= 4 is 69.9 Å². The number of fused-ring (bicyclic) bond motifs is 4. The Kier molecular flexibility index (Phi) is 7.58. The fourth-order valence-corrected chi connectivity index (χ4v) is 8.79. The van der Waals surface area contributed by atoms with Crippen LogP contribution in [0, 0.1) is 23.6 Å². The molecule has 0 spiro atoms. The number of carbonyl (C=O) groups excluding carboxylic acids is 4. The van der Waals surface area contributed by atoms with Crippen molar-refractivity contribution in [3.8, 4) is 5.75 Å². The minimum absolute atomic E-state index is 0.00974. The van der Waals surface area contributed by atoms with Gasteiger partial charge in [0, 0.05) is 13.0 Å². The zero-order valence-corrected chi connectivity index (χ0v) is 27.4. The number of aromatic nitrogens is 1. The molecule has 1 aromatic heterocycles. The minimum Gasteiger partial charge on any atom is -0.508 e. The number of hydrazine groups is 1. The number of rotatable bonds is 4. The molecule has 2 aliphatic carbocycles. The quantitative estimate of drug-likeness (QED) is 0.147. The Morgan fingerprint density at radius 3 is 2.20 bits per heavy atom. The van der Waals surface area contributed by atoms with E-state index in [2.05, 4.69) is 4.98 Å². The van der Waals surface area contributed by atoms with E-state index in [1.54, 1.807) is 6.08 Å². The number of alkyl halides is 5. The lowest BCUT2D eigenvalue weighted by Gasteiger charge is -2.50. The first-order chi connectivity index (χ1) is 23.0. The summed E-state index contributed by atoms with van der Waals surface area (Å²) < 4.78 is 54.4. The molecule has 1 saturated carbocycles. The molecule has 0 radical (unpaired) electrons. The van der Waals surface area contributed by atoms with Crippen molar-refractivity contribution in [1.29, 1.82) is 0 Å². The molecule has 2 aromatic carbocycles. The second-order valence-electron chi connectivity index (χ2n) is 12.4. The summed E-state index contributed by atoms with van der Waals surface area (Å²) in [5.41, 5.74) is -0.461. The van der Waals surface area contributed by atoms with Crippen LogP contribution in [0.5, 0.6) is 5.75 Å². The van der Waals surface area contributed by atoms with Gasteiger partial charge in [-0.15, -0.1) is 23.2 Å². The number of hydrogen-bond donors (Lipinski definition) is 1. The number of carbonyl (C=O) groups is 4. The van der Waals surface area contributed by atoms with Gasteiger partial charge in [-0.1, -0.05) is 35.4 Å². The molecule has 6 unspecified atom stereocenters. The molecule has 3 aromatic rings. The van der Waals surface area contributed by atoms with Crippen LogP contribution in [-0.4, -0.2) is 55.5 Å². The van der Waals surface area contributed by atoms with Gasteiger partial charge < -0.3 is 5.11 Å². The van der Waals surface area contributed by atoms with Crippen LogP contribution >= 0.6 is 34.8 Å². The Hall–Kier alpha value is -4.20. The highest BCUT2D eigenvalue weighted by atomic mass is 35.5. The number of benzene rings is 2. The van der Waals surface area contributed by atoms with Crippen molar-refractivity contribution in [2.45, 2.75) is 34.7 Å². The molecule has 16 heteroatoms. The van der Waals surface area contributed by atoms with Crippen LogP contribution in [0.25, 0.3) is 0 Å². The van der Waals surface area contributed by atoms with E-state index in [0.717, 1.165) is 28.1 Å². The van der Waals surface area contributed by atoms with E-state index in [1.165, 1.54) is 43.4 Å². The zero-order valence-electron chi connectivity index (χ0n) is 25.1. The predicted octanol–water partition coefficient (Wildman–Crippen LogP) is 6.21. The van der Waals surface area contributed by atoms with Crippen LogP contribution in [0.2, 0.25) is 5.02 Å². The number of halogens is 7. The van der Waals surface area contributed by atoms with E-state index in [-0.39, 0.29) is 29.3 Å². The second-order valence-corrected chi connectivity index (χ2v) is 14.0. The second kappa shape index (κ2) is 11.2. The molecule has 6 atom stereocenters. The fraction of sp³-hybridized carbons (Fsp3) is 0.303. The third kappa shape index (κ3) is 4.69. The molecule has 49 heavy (non-hydrogen) atoms. The van der Waals surface area contributed by atoms with Crippen molar-refractivity contribution in [2.75, 3.05) is 17.0 Å². The van der Waals surface area contributed by atoms with Gasteiger partial charge in [-0.3, -0.25) is 24.2 Å². The minimum atomic E-state index is -4.84. The van der Waals surface area contributed by atoms with Crippen LogP contribution < -0.4 is 9.91 Å². The number of phenols is 1. The van der Waals surface area contributed by atoms with E-state index in [1.807, 2.05) is 0 Å². The predicted molar refractivity (Wildman–Crippen MR) is 169 cm³/mol. The van der Waals surface area contributed by atoms with Crippen molar-refractivity contribution in [1.82, 2.24) is 9.99 Å². The fourth-order valence-electron chi connectivity index (χ4n) is 7.63. The van der Waals surface area contributed by atoms with Crippen LogP contribution in [0.3, 0.4) is 0 Å². The molecule has 0 bridgehead atoms. The number of imide groups is 2. The van der Waals surface area contributed by atoms with E-state index < -0.39 is 80.6 Å². The van der Waals surface area contributed by atoms with Crippen molar-refractivity contribution in [3.63, 3.8) is 0 Å². The van der Waals surface area contributed by atoms with Crippen LogP contribution in [0.15, 0.2) is 72.3 Å². The lowest BCUT2D eigenvalue weighted by Crippen LogP contribution is -2.60. The number of hydrogen-bond acceptors (Lipinski definition) is 7. The number of anilines is 2. The monoisotopic (exact) mass is 736 g/mol. The molecule has 2 aliphatic heterocycles. The van der Waals surface area contributed by atoms with Gasteiger partial charge in [0.1, 0.15) is 17.3 Å². The Morgan fingerprint density at radius 1 is 0.918 bits per heavy atom. The molecule has 254 valence electrons. The van der Waals surface area contributed by atoms with Crippen LogP contribution in [0.4, 0.5) is 29.1 Å². The highest BCUT2D eigenvalue weighted by Crippen LogP contribution is 2.66. The number of allylic oxidation sites excluding steroid dienone is 2. The highest BCUT2D eigenvalue weighted by molar-refractivity contribution is 6.58. The summed E-state index contributed by atoms with van der Waals surface area (Å²) in [6, 6.07) is 11.9. The Bertz CT molecular complexity index is 1980. The molecule has 2 saturated heterocycles. The number of amides is 4. The number of nitrogens with zero attached hydrogens (tertiary/aromatic N) is 4. The highest BCUT2D eigenvalue weighted by Gasteiger charge is 2.76. The maximum Gasteiger partial charge on any atom is 0.433 e. The summed E-state index contributed by atoms with van der Waals surface area (Å²) >= 11 is 20.8. The number of phenolic OH excluding ortho intramolecular Hbond substituents is 1. The molecule has 3 heterocycles. The summed E-state index contributed by atoms with van der Waals surface area (Å²) in [6.45, 7) is 0. The summed E-state index contributed by atoms with van der Waals surface area (Å²) in [5, 5.41) is 11.3. The van der Waals surface area contributed by atoms with Gasteiger partial charge >= 0.3 is 6.18 Å². The van der Waals surface area contributed by atoms with Crippen LogP contribution in [-0.2, 0) is 25.4 Å². The SMILES string of the molecule is CN(c1nc(C(F)(F)F)ccc1Cl)N1C(=O)C2CC=C3C(CC4(Cl)C(=O)N(c5ccc(F)cc5)C(=O)C4(Cl)C3c3ccc(O)cc3)C2C1=O. The largest absolute Gasteiger partial charge is 0.508 e. The molecule has 7 rings (SSSR count). The van der Waals surface area contributed by atoms with E-state index >= 15 is 0 Å². The van der Waals surface area contributed by atoms with E-state index in [0.29, 0.717) is 22.2 Å². The summed E-state index contributed by atoms with van der Waals surface area (Å²) in [7, 11) is 1.18. The lowest BCUT2D eigenvalue weighted by atomic mass is 9.56. The standard InChI is InChI=1S/C33H23Cl3F4N4O5/c1-42(26-22(34)12-13-23(41-26)33(38,39)40)44-27(46)20-11-10-19-21(24(20)28(44)47)14-31(35)29(48)43(17-6-4-16(37)5-7-17)30(49)32(31,36)25(19)15-2-8-18(45)9-3-15/h2-10,12-13,20-21,24-25,45H,11,14H2,1H3. The molecule has 1 N–H and O–H groups in total. The third-order valence-electron chi connectivity index (χ3n) is 9.82. The van der Waals surface area contributed by atoms with Gasteiger partial charge in [-0.25, -0.2) is 14.3 Å². The summed E-state index contributed by atoms with van der Waals surface area (Å²) in [5.74, 6) is -8.85. The summed E-state index contributed by atoms with van der Waals surface area (Å²) in [4.78, 5) is 56.7. The first kappa shape index (κ1) is 33.3. The number of aromatic hydroxyl groups is 1.